The van der Waals surface area contributed by atoms with Gasteiger partial charge in [0.25, 0.3) is 0 Å². The number of hydrogen-bond acceptors (Lipinski definition) is 5. The SMILES string of the molecule is CC(=O)OOc1ccc(C2CCCC(NCC(O)c3cccc(Cl)c3)C2)cc1. The maximum Gasteiger partial charge on any atom is 0.352 e. The van der Waals surface area contributed by atoms with Gasteiger partial charge in [-0.15, -0.1) is 0 Å². The summed E-state index contributed by atoms with van der Waals surface area (Å²) in [5.74, 6) is 0.483. The van der Waals surface area contributed by atoms with Gasteiger partial charge >= 0.3 is 5.97 Å². The van der Waals surface area contributed by atoms with Crippen LogP contribution in [0, 0.1) is 0 Å². The van der Waals surface area contributed by atoms with Gasteiger partial charge in [0.05, 0.1) is 6.10 Å². The van der Waals surface area contributed by atoms with E-state index in [0.717, 1.165) is 31.2 Å². The topological polar surface area (TPSA) is 67.8 Å². The van der Waals surface area contributed by atoms with E-state index in [1.165, 1.54) is 12.5 Å². The summed E-state index contributed by atoms with van der Waals surface area (Å²) in [6, 6.07) is 15.4. The third-order valence-corrected chi connectivity index (χ3v) is 5.35. The van der Waals surface area contributed by atoms with E-state index in [0.29, 0.717) is 29.3 Å². The first kappa shape index (κ1) is 20.6. The summed E-state index contributed by atoms with van der Waals surface area (Å²) < 4.78 is 0. The molecule has 0 saturated heterocycles. The maximum atomic E-state index is 10.8. The lowest BCUT2D eigenvalue weighted by Crippen LogP contribution is -2.36. The summed E-state index contributed by atoms with van der Waals surface area (Å²) in [4.78, 5) is 20.3. The van der Waals surface area contributed by atoms with E-state index in [4.69, 9.17) is 16.5 Å². The second kappa shape index (κ2) is 9.92. The molecule has 0 aromatic heterocycles. The second-order valence-electron chi connectivity index (χ2n) is 7.27. The highest BCUT2D eigenvalue weighted by Gasteiger charge is 2.23. The Kier molecular flexibility index (Phi) is 7.31. The van der Waals surface area contributed by atoms with Gasteiger partial charge in [0, 0.05) is 24.5 Å². The molecule has 0 bridgehead atoms. The number of nitrogens with one attached hydrogen (secondary N) is 1. The van der Waals surface area contributed by atoms with Gasteiger partial charge in [-0.3, -0.25) is 9.78 Å². The average Bonchev–Trinajstić information content (AvgIpc) is 2.71. The van der Waals surface area contributed by atoms with Crippen LogP contribution in [0.25, 0.3) is 0 Å². The first-order valence-electron chi connectivity index (χ1n) is 9.63. The van der Waals surface area contributed by atoms with Crippen molar-refractivity contribution in [3.05, 3.63) is 64.7 Å². The summed E-state index contributed by atoms with van der Waals surface area (Å²) >= 11 is 6.01. The number of benzene rings is 2. The molecule has 150 valence electrons. The van der Waals surface area contributed by atoms with Crippen molar-refractivity contribution in [2.75, 3.05) is 6.54 Å². The van der Waals surface area contributed by atoms with Crippen LogP contribution in [0.2, 0.25) is 5.02 Å². The van der Waals surface area contributed by atoms with E-state index in [9.17, 15) is 9.90 Å². The Balaban J connectivity index is 1.51. The van der Waals surface area contributed by atoms with Crippen LogP contribution in [-0.4, -0.2) is 23.7 Å². The van der Waals surface area contributed by atoms with Gasteiger partial charge < -0.3 is 10.4 Å². The van der Waals surface area contributed by atoms with Crippen LogP contribution in [-0.2, 0) is 9.68 Å². The zero-order chi connectivity index (χ0) is 19.9. The summed E-state index contributed by atoms with van der Waals surface area (Å²) in [5, 5.41) is 14.6. The largest absolute Gasteiger partial charge is 0.387 e. The fourth-order valence-electron chi connectivity index (χ4n) is 3.69. The van der Waals surface area contributed by atoms with Gasteiger partial charge in [0.1, 0.15) is 0 Å². The fraction of sp³-hybridized carbons (Fsp3) is 0.409. The summed E-state index contributed by atoms with van der Waals surface area (Å²) in [6.07, 6.45) is 3.83. The summed E-state index contributed by atoms with van der Waals surface area (Å²) in [7, 11) is 0. The zero-order valence-corrected chi connectivity index (χ0v) is 16.7. The lowest BCUT2D eigenvalue weighted by Gasteiger charge is -2.31. The third kappa shape index (κ3) is 5.96. The van der Waals surface area contributed by atoms with Crippen molar-refractivity contribution < 1.29 is 19.7 Å². The van der Waals surface area contributed by atoms with Crippen molar-refractivity contribution in [1.82, 2.24) is 5.32 Å². The van der Waals surface area contributed by atoms with E-state index >= 15 is 0 Å². The monoisotopic (exact) mass is 403 g/mol. The van der Waals surface area contributed by atoms with Crippen LogP contribution in [0.1, 0.15) is 55.8 Å². The number of aliphatic hydroxyl groups excluding tert-OH is 1. The molecule has 3 atom stereocenters. The van der Waals surface area contributed by atoms with Crippen LogP contribution in [0.3, 0.4) is 0 Å². The third-order valence-electron chi connectivity index (χ3n) is 5.11. The Bertz CT molecular complexity index is 780. The van der Waals surface area contributed by atoms with Crippen molar-refractivity contribution in [3.63, 3.8) is 0 Å². The van der Waals surface area contributed by atoms with Gasteiger partial charge in [0.15, 0.2) is 5.75 Å². The molecule has 2 aromatic carbocycles. The maximum absolute atomic E-state index is 10.8. The molecule has 1 aliphatic carbocycles. The lowest BCUT2D eigenvalue weighted by molar-refractivity contribution is -0.210. The smallest absolute Gasteiger partial charge is 0.352 e. The lowest BCUT2D eigenvalue weighted by atomic mass is 9.81. The van der Waals surface area contributed by atoms with Gasteiger partial charge in [-0.25, -0.2) is 4.79 Å². The molecule has 0 aliphatic heterocycles. The molecule has 28 heavy (non-hydrogen) atoms. The van der Waals surface area contributed by atoms with Crippen LogP contribution in [0.5, 0.6) is 5.75 Å². The number of aliphatic hydroxyl groups is 1. The molecule has 2 aromatic rings. The highest BCUT2D eigenvalue weighted by Crippen LogP contribution is 2.34. The standard InChI is InChI=1S/C22H26ClNO4/c1-15(25)27-28-21-10-8-16(9-11-21)17-4-3-7-20(13-17)24-14-22(26)18-5-2-6-19(23)12-18/h2,5-6,8-12,17,20,22,24,26H,3-4,7,13-14H2,1H3. The van der Waals surface area contributed by atoms with E-state index in [2.05, 4.69) is 10.2 Å². The molecule has 3 unspecified atom stereocenters. The summed E-state index contributed by atoms with van der Waals surface area (Å²) in [6.45, 7) is 1.81. The number of carbonyl (C=O) groups is 1. The quantitative estimate of drug-likeness (QED) is 0.524. The number of hydrogen-bond donors (Lipinski definition) is 2. The molecule has 2 N–H and O–H groups in total. The highest BCUT2D eigenvalue weighted by atomic mass is 35.5. The Hall–Kier alpha value is -2.08. The van der Waals surface area contributed by atoms with Crippen LogP contribution in [0.15, 0.2) is 48.5 Å². The van der Waals surface area contributed by atoms with Gasteiger partial charge in [-0.2, -0.15) is 0 Å². The number of carbonyl (C=O) groups excluding carboxylic acids is 1. The van der Waals surface area contributed by atoms with Crippen LogP contribution < -0.4 is 10.2 Å². The first-order chi connectivity index (χ1) is 13.5. The fourth-order valence-corrected chi connectivity index (χ4v) is 3.89. The molecular formula is C22H26ClNO4. The van der Waals surface area contributed by atoms with Gasteiger partial charge in [0.2, 0.25) is 0 Å². The van der Waals surface area contributed by atoms with E-state index in [1.54, 1.807) is 12.1 Å². The van der Waals surface area contributed by atoms with Crippen molar-refractivity contribution >= 4 is 17.6 Å². The Morgan fingerprint density at radius 2 is 2.04 bits per heavy atom. The van der Waals surface area contributed by atoms with Crippen LogP contribution in [0.4, 0.5) is 0 Å². The molecule has 0 heterocycles. The van der Waals surface area contributed by atoms with Crippen molar-refractivity contribution in [2.24, 2.45) is 0 Å². The molecule has 1 saturated carbocycles. The average molecular weight is 404 g/mol. The van der Waals surface area contributed by atoms with Crippen molar-refractivity contribution in [1.29, 1.82) is 0 Å². The summed E-state index contributed by atoms with van der Waals surface area (Å²) in [5.41, 5.74) is 2.08. The molecular weight excluding hydrogens is 378 g/mol. The van der Waals surface area contributed by atoms with E-state index in [1.807, 2.05) is 36.4 Å². The molecule has 0 spiro atoms. The van der Waals surface area contributed by atoms with Crippen molar-refractivity contribution in [2.45, 2.75) is 50.7 Å². The second-order valence-corrected chi connectivity index (χ2v) is 7.70. The molecule has 3 rings (SSSR count). The molecule has 5 nitrogen and oxygen atoms in total. The minimum Gasteiger partial charge on any atom is -0.387 e. The predicted molar refractivity (Wildman–Crippen MR) is 108 cm³/mol. The normalized spacial score (nSPS) is 20.4. The Morgan fingerprint density at radius 1 is 1.25 bits per heavy atom. The molecule has 0 radical (unpaired) electrons. The molecule has 0 amide bonds. The minimum atomic E-state index is -0.572. The number of rotatable bonds is 7. The van der Waals surface area contributed by atoms with Gasteiger partial charge in [-0.1, -0.05) is 42.3 Å². The predicted octanol–water partition coefficient (Wildman–Crippen LogP) is 4.55. The molecule has 6 heteroatoms. The number of halogens is 1. The zero-order valence-electron chi connectivity index (χ0n) is 15.9. The minimum absolute atomic E-state index is 0.365. The molecule has 1 fully saturated rings. The first-order valence-corrected chi connectivity index (χ1v) is 10.0. The Labute approximate surface area is 170 Å². The van der Waals surface area contributed by atoms with E-state index in [-0.39, 0.29) is 0 Å². The van der Waals surface area contributed by atoms with Gasteiger partial charge in [-0.05, 0) is 60.6 Å². The highest BCUT2D eigenvalue weighted by molar-refractivity contribution is 6.30. The Morgan fingerprint density at radius 3 is 2.75 bits per heavy atom. The van der Waals surface area contributed by atoms with E-state index < -0.39 is 12.1 Å². The van der Waals surface area contributed by atoms with Crippen molar-refractivity contribution in [3.8, 4) is 5.75 Å². The molecule has 1 aliphatic rings. The van der Waals surface area contributed by atoms with Crippen LogP contribution >= 0.6 is 11.6 Å².